The van der Waals surface area contributed by atoms with Gasteiger partial charge in [0, 0.05) is 43.0 Å². The number of hydrogen-bond donors (Lipinski definition) is 1. The Labute approximate surface area is 180 Å². The second kappa shape index (κ2) is 10.0. The number of hydrogen-bond acceptors (Lipinski definition) is 5. The maximum absolute atomic E-state index is 12.6. The first-order valence-corrected chi connectivity index (χ1v) is 9.90. The molecule has 7 nitrogen and oxygen atoms in total. The summed E-state index contributed by atoms with van der Waals surface area (Å²) in [7, 11) is 1.50. The van der Waals surface area contributed by atoms with Crippen molar-refractivity contribution in [2.45, 2.75) is 0 Å². The first-order chi connectivity index (χ1) is 14.5. The molecule has 1 fully saturated rings. The van der Waals surface area contributed by atoms with Crippen molar-refractivity contribution in [1.29, 1.82) is 0 Å². The van der Waals surface area contributed by atoms with E-state index in [0.29, 0.717) is 29.6 Å². The zero-order valence-electron chi connectivity index (χ0n) is 16.7. The van der Waals surface area contributed by atoms with Crippen molar-refractivity contribution < 1.29 is 19.1 Å². The molecule has 1 aliphatic rings. The zero-order valence-corrected chi connectivity index (χ0v) is 17.5. The Balaban J connectivity index is 1.57. The average Bonchev–Trinajstić information content (AvgIpc) is 2.76. The highest BCUT2D eigenvalue weighted by Crippen LogP contribution is 2.28. The molecule has 0 radical (unpaired) electrons. The van der Waals surface area contributed by atoms with E-state index in [2.05, 4.69) is 4.90 Å². The number of carbonyl (C=O) groups is 2. The summed E-state index contributed by atoms with van der Waals surface area (Å²) in [4.78, 5) is 27.5. The van der Waals surface area contributed by atoms with Crippen LogP contribution in [0.1, 0.15) is 5.56 Å². The summed E-state index contributed by atoms with van der Waals surface area (Å²) in [5.74, 6) is 0.258. The van der Waals surface area contributed by atoms with E-state index in [9.17, 15) is 9.59 Å². The zero-order chi connectivity index (χ0) is 21.5. The van der Waals surface area contributed by atoms with Gasteiger partial charge in [0.15, 0.2) is 18.1 Å². The predicted octanol–water partition coefficient (Wildman–Crippen LogP) is 2.57. The highest BCUT2D eigenvalue weighted by atomic mass is 35.5. The lowest BCUT2D eigenvalue weighted by molar-refractivity contribution is -0.126. The van der Waals surface area contributed by atoms with Crippen LogP contribution in [0.3, 0.4) is 0 Å². The fraction of sp³-hybridized carbons (Fsp3) is 0.273. The van der Waals surface area contributed by atoms with Crippen LogP contribution in [0.25, 0.3) is 6.08 Å². The Kier molecular flexibility index (Phi) is 7.19. The van der Waals surface area contributed by atoms with Gasteiger partial charge in [0.05, 0.1) is 7.11 Å². The average molecular weight is 430 g/mol. The number of methoxy groups -OCH3 is 1. The number of amides is 2. The highest BCUT2D eigenvalue weighted by molar-refractivity contribution is 6.30. The molecule has 0 spiro atoms. The third-order valence-electron chi connectivity index (χ3n) is 4.74. The van der Waals surface area contributed by atoms with Crippen LogP contribution in [0, 0.1) is 0 Å². The number of primary amides is 1. The maximum atomic E-state index is 12.6. The summed E-state index contributed by atoms with van der Waals surface area (Å²) in [6.45, 7) is 2.54. The van der Waals surface area contributed by atoms with Crippen LogP contribution in [0.2, 0.25) is 5.02 Å². The molecule has 2 aromatic rings. The number of benzene rings is 2. The molecular formula is C22H24ClN3O4. The second-order valence-electron chi connectivity index (χ2n) is 6.79. The van der Waals surface area contributed by atoms with Crippen molar-refractivity contribution in [1.82, 2.24) is 4.90 Å². The van der Waals surface area contributed by atoms with E-state index in [0.717, 1.165) is 24.3 Å². The van der Waals surface area contributed by atoms with Gasteiger partial charge < -0.3 is 25.0 Å². The van der Waals surface area contributed by atoms with Crippen LogP contribution in [0.4, 0.5) is 5.69 Å². The fourth-order valence-electron chi connectivity index (χ4n) is 3.19. The van der Waals surface area contributed by atoms with Gasteiger partial charge >= 0.3 is 0 Å². The summed E-state index contributed by atoms with van der Waals surface area (Å²) in [5, 5.41) is 0.704. The van der Waals surface area contributed by atoms with Crippen molar-refractivity contribution in [3.8, 4) is 11.5 Å². The smallest absolute Gasteiger partial charge is 0.255 e. The molecule has 30 heavy (non-hydrogen) atoms. The molecule has 0 aromatic heterocycles. The summed E-state index contributed by atoms with van der Waals surface area (Å²) in [6, 6.07) is 12.9. The third-order valence-corrected chi connectivity index (χ3v) is 4.98. The van der Waals surface area contributed by atoms with Crippen LogP contribution in [-0.4, -0.2) is 56.6 Å². The molecule has 158 valence electrons. The van der Waals surface area contributed by atoms with Crippen LogP contribution in [0.15, 0.2) is 48.5 Å². The number of nitrogens with two attached hydrogens (primary N) is 1. The summed E-state index contributed by atoms with van der Waals surface area (Å²) in [6.07, 6.45) is 3.28. The monoisotopic (exact) mass is 429 g/mol. The molecule has 0 aliphatic carbocycles. The van der Waals surface area contributed by atoms with E-state index in [4.69, 9.17) is 26.8 Å². The van der Waals surface area contributed by atoms with Gasteiger partial charge in [-0.05, 0) is 42.0 Å². The molecule has 0 unspecified atom stereocenters. The number of piperazine rings is 1. The normalized spacial score (nSPS) is 14.1. The highest BCUT2D eigenvalue weighted by Gasteiger charge is 2.20. The topological polar surface area (TPSA) is 85.1 Å². The Morgan fingerprint density at radius 2 is 1.87 bits per heavy atom. The molecule has 1 saturated heterocycles. The molecule has 0 saturated carbocycles. The minimum atomic E-state index is -0.568. The number of halogens is 1. The Morgan fingerprint density at radius 3 is 2.53 bits per heavy atom. The van der Waals surface area contributed by atoms with Crippen LogP contribution in [-0.2, 0) is 9.59 Å². The van der Waals surface area contributed by atoms with Gasteiger partial charge in [-0.2, -0.15) is 0 Å². The Morgan fingerprint density at radius 1 is 1.10 bits per heavy atom. The standard InChI is InChI=1S/C22H24ClN3O4/c1-29-20-13-16(5-7-19(20)30-15-21(24)27)6-8-22(28)26-11-9-25(10-12-26)18-4-2-3-17(23)14-18/h2-8,13-14H,9-12,15H2,1H3,(H2,24,27)/b8-6+. The van der Waals surface area contributed by atoms with E-state index < -0.39 is 5.91 Å². The number of anilines is 1. The van der Waals surface area contributed by atoms with Crippen LogP contribution < -0.4 is 20.1 Å². The molecule has 8 heteroatoms. The second-order valence-corrected chi connectivity index (χ2v) is 7.23. The molecule has 2 amide bonds. The van der Waals surface area contributed by atoms with Gasteiger partial charge in [0.1, 0.15) is 0 Å². The third kappa shape index (κ3) is 5.67. The predicted molar refractivity (Wildman–Crippen MR) is 117 cm³/mol. The first-order valence-electron chi connectivity index (χ1n) is 9.53. The van der Waals surface area contributed by atoms with E-state index in [1.807, 2.05) is 29.2 Å². The van der Waals surface area contributed by atoms with Gasteiger partial charge in [-0.1, -0.05) is 23.7 Å². The number of carbonyl (C=O) groups excluding carboxylic acids is 2. The lowest BCUT2D eigenvalue weighted by Gasteiger charge is -2.35. The summed E-state index contributed by atoms with van der Waals surface area (Å²) in [5.41, 5.74) is 6.94. The summed E-state index contributed by atoms with van der Waals surface area (Å²) < 4.78 is 10.6. The lowest BCUT2D eigenvalue weighted by atomic mass is 10.1. The molecule has 2 aromatic carbocycles. The minimum absolute atomic E-state index is 0.0474. The Hall–Kier alpha value is -3.19. The van der Waals surface area contributed by atoms with E-state index in [1.165, 1.54) is 7.11 Å². The molecule has 1 aliphatic heterocycles. The van der Waals surface area contributed by atoms with Crippen molar-refractivity contribution >= 4 is 35.2 Å². The molecule has 0 bridgehead atoms. The lowest BCUT2D eigenvalue weighted by Crippen LogP contribution is -2.48. The number of rotatable bonds is 7. The number of ether oxygens (including phenoxy) is 2. The van der Waals surface area contributed by atoms with Gasteiger partial charge in [-0.15, -0.1) is 0 Å². The van der Waals surface area contributed by atoms with Gasteiger partial charge in [-0.25, -0.2) is 0 Å². The molecule has 1 heterocycles. The molecule has 2 N–H and O–H groups in total. The Bertz CT molecular complexity index is 940. The largest absolute Gasteiger partial charge is 0.493 e. The van der Waals surface area contributed by atoms with Crippen molar-refractivity contribution in [3.05, 3.63) is 59.1 Å². The maximum Gasteiger partial charge on any atom is 0.255 e. The van der Waals surface area contributed by atoms with Gasteiger partial charge in [0.25, 0.3) is 5.91 Å². The summed E-state index contributed by atoms with van der Waals surface area (Å²) >= 11 is 6.07. The quantitative estimate of drug-likeness (QED) is 0.684. The number of nitrogens with zero attached hydrogens (tertiary/aromatic N) is 2. The minimum Gasteiger partial charge on any atom is -0.493 e. The fourth-order valence-corrected chi connectivity index (χ4v) is 3.37. The molecular weight excluding hydrogens is 406 g/mol. The molecule has 3 rings (SSSR count). The van der Waals surface area contributed by atoms with E-state index >= 15 is 0 Å². The van der Waals surface area contributed by atoms with Crippen molar-refractivity contribution in [2.75, 3.05) is 44.8 Å². The van der Waals surface area contributed by atoms with E-state index in [-0.39, 0.29) is 12.5 Å². The van der Waals surface area contributed by atoms with Crippen LogP contribution >= 0.6 is 11.6 Å². The van der Waals surface area contributed by atoms with Crippen LogP contribution in [0.5, 0.6) is 11.5 Å². The van der Waals surface area contributed by atoms with Gasteiger partial charge in [-0.3, -0.25) is 9.59 Å². The first kappa shape index (κ1) is 21.5. The van der Waals surface area contributed by atoms with Crippen molar-refractivity contribution in [2.24, 2.45) is 5.73 Å². The van der Waals surface area contributed by atoms with E-state index in [1.54, 1.807) is 30.4 Å². The van der Waals surface area contributed by atoms with Crippen molar-refractivity contribution in [3.63, 3.8) is 0 Å². The van der Waals surface area contributed by atoms with Gasteiger partial charge in [0.2, 0.25) is 5.91 Å². The molecule has 0 atom stereocenters. The SMILES string of the molecule is COc1cc(/C=C/C(=O)N2CCN(c3cccc(Cl)c3)CC2)ccc1OCC(N)=O.